The Labute approximate surface area is 125 Å². The Hall–Kier alpha value is -1.33. The van der Waals surface area contributed by atoms with E-state index in [1.807, 2.05) is 39.8 Å². The number of nitrogens with one attached hydrogen (secondary N) is 1. The summed E-state index contributed by atoms with van der Waals surface area (Å²) < 4.78 is 11.3. The van der Waals surface area contributed by atoms with E-state index in [1.54, 1.807) is 0 Å². The van der Waals surface area contributed by atoms with Gasteiger partial charge in [0.05, 0.1) is 12.1 Å². The lowest BCUT2D eigenvalue weighted by Gasteiger charge is -2.60. The number of furan rings is 1. The molecule has 1 saturated heterocycles. The van der Waals surface area contributed by atoms with Gasteiger partial charge < -0.3 is 20.2 Å². The highest BCUT2D eigenvalue weighted by Crippen LogP contribution is 2.58. The number of carbonyl (C=O) groups is 1. The average molecular weight is 292 g/mol. The van der Waals surface area contributed by atoms with E-state index in [0.717, 1.165) is 17.9 Å². The van der Waals surface area contributed by atoms with Gasteiger partial charge in [-0.2, -0.15) is 0 Å². The van der Waals surface area contributed by atoms with Crippen LogP contribution in [0.5, 0.6) is 0 Å². The van der Waals surface area contributed by atoms with E-state index in [9.17, 15) is 4.79 Å². The molecular formula is C16H24N2O3. The third kappa shape index (κ3) is 1.87. The van der Waals surface area contributed by atoms with E-state index in [-0.39, 0.29) is 29.4 Å². The second-order valence-corrected chi connectivity index (χ2v) is 6.92. The van der Waals surface area contributed by atoms with Gasteiger partial charge in [0.1, 0.15) is 17.1 Å². The number of hydrogen-bond donors (Lipinski definition) is 2. The monoisotopic (exact) mass is 292 g/mol. The SMILES string of the molecule is Cc1ccc(C(C)NC(=O)C2(N)C3CCOC3C2(C)C)o1. The van der Waals surface area contributed by atoms with Crippen molar-refractivity contribution in [2.24, 2.45) is 17.1 Å². The number of aryl methyl sites for hydroxylation is 1. The van der Waals surface area contributed by atoms with E-state index in [0.29, 0.717) is 6.61 Å². The van der Waals surface area contributed by atoms with Gasteiger partial charge in [0.15, 0.2) is 0 Å². The van der Waals surface area contributed by atoms with Crippen molar-refractivity contribution >= 4 is 5.91 Å². The molecule has 0 spiro atoms. The van der Waals surface area contributed by atoms with Gasteiger partial charge in [-0.1, -0.05) is 13.8 Å². The number of rotatable bonds is 3. The fraction of sp³-hybridized carbons (Fsp3) is 0.688. The van der Waals surface area contributed by atoms with Crippen LogP contribution in [-0.4, -0.2) is 24.2 Å². The standard InChI is InChI=1S/C16H24N2O3/c1-9-5-6-12(21-9)10(2)18-14(19)16(17)11-7-8-20-13(11)15(16,3)4/h5-6,10-11,13H,7-8,17H2,1-4H3,(H,18,19). The van der Waals surface area contributed by atoms with Gasteiger partial charge >= 0.3 is 0 Å². The summed E-state index contributed by atoms with van der Waals surface area (Å²) in [6.07, 6.45) is 0.945. The van der Waals surface area contributed by atoms with E-state index in [2.05, 4.69) is 5.32 Å². The first kappa shape index (κ1) is 14.6. The molecule has 0 bridgehead atoms. The van der Waals surface area contributed by atoms with Gasteiger partial charge in [-0.05, 0) is 32.4 Å². The van der Waals surface area contributed by atoms with Crippen molar-refractivity contribution in [1.29, 1.82) is 0 Å². The number of nitrogens with two attached hydrogens (primary N) is 1. The zero-order valence-corrected chi connectivity index (χ0v) is 13.1. The lowest BCUT2D eigenvalue weighted by Crippen LogP contribution is -2.80. The van der Waals surface area contributed by atoms with E-state index < -0.39 is 5.54 Å². The minimum Gasteiger partial charge on any atom is -0.464 e. The first-order valence-electron chi connectivity index (χ1n) is 7.56. The fourth-order valence-corrected chi connectivity index (χ4v) is 3.92. The largest absolute Gasteiger partial charge is 0.464 e. The normalized spacial score (nSPS) is 34.9. The highest BCUT2D eigenvalue weighted by molar-refractivity contribution is 5.89. The number of ether oxygens (including phenoxy) is 1. The molecule has 5 heteroatoms. The predicted molar refractivity (Wildman–Crippen MR) is 78.5 cm³/mol. The van der Waals surface area contributed by atoms with Crippen LogP contribution in [0.4, 0.5) is 0 Å². The van der Waals surface area contributed by atoms with Crippen LogP contribution < -0.4 is 11.1 Å². The lowest BCUT2D eigenvalue weighted by atomic mass is 9.48. The topological polar surface area (TPSA) is 77.5 Å². The Morgan fingerprint density at radius 1 is 1.48 bits per heavy atom. The molecule has 4 unspecified atom stereocenters. The molecule has 1 aliphatic carbocycles. The number of fused-ring (bicyclic) bond motifs is 1. The van der Waals surface area contributed by atoms with Crippen LogP contribution in [0.3, 0.4) is 0 Å². The summed E-state index contributed by atoms with van der Waals surface area (Å²) in [4.78, 5) is 12.8. The molecule has 1 aromatic heterocycles. The maximum atomic E-state index is 12.8. The van der Waals surface area contributed by atoms with Crippen molar-refractivity contribution in [3.05, 3.63) is 23.7 Å². The molecule has 3 N–H and O–H groups in total. The molecule has 4 atom stereocenters. The van der Waals surface area contributed by atoms with Crippen molar-refractivity contribution in [1.82, 2.24) is 5.32 Å². The van der Waals surface area contributed by atoms with E-state index >= 15 is 0 Å². The van der Waals surface area contributed by atoms with E-state index in [4.69, 9.17) is 14.9 Å². The molecule has 116 valence electrons. The highest BCUT2D eigenvalue weighted by Gasteiger charge is 2.71. The summed E-state index contributed by atoms with van der Waals surface area (Å²) in [5.74, 6) is 1.58. The summed E-state index contributed by atoms with van der Waals surface area (Å²) in [6.45, 7) is 8.52. The molecule has 1 aromatic rings. The maximum Gasteiger partial charge on any atom is 0.241 e. The third-order valence-electron chi connectivity index (χ3n) is 5.37. The van der Waals surface area contributed by atoms with Crippen LogP contribution >= 0.6 is 0 Å². The third-order valence-corrected chi connectivity index (χ3v) is 5.37. The van der Waals surface area contributed by atoms with Gasteiger partial charge in [-0.15, -0.1) is 0 Å². The van der Waals surface area contributed by atoms with Gasteiger partial charge in [-0.25, -0.2) is 0 Å². The molecular weight excluding hydrogens is 268 g/mol. The van der Waals surface area contributed by atoms with Crippen molar-refractivity contribution in [2.75, 3.05) is 6.61 Å². The molecule has 2 aliphatic rings. The molecule has 2 heterocycles. The zero-order chi connectivity index (χ0) is 15.4. The van der Waals surface area contributed by atoms with Crippen molar-refractivity contribution in [3.8, 4) is 0 Å². The Morgan fingerprint density at radius 2 is 2.19 bits per heavy atom. The van der Waals surface area contributed by atoms with Crippen LogP contribution in [0.1, 0.15) is 44.8 Å². The molecule has 3 rings (SSSR count). The minimum absolute atomic E-state index is 0.0920. The van der Waals surface area contributed by atoms with Crippen molar-refractivity contribution < 1.29 is 13.9 Å². The second kappa shape index (κ2) is 4.58. The summed E-state index contributed by atoms with van der Waals surface area (Å²) >= 11 is 0. The predicted octanol–water partition coefficient (Wildman–Crippen LogP) is 1.91. The number of carbonyl (C=O) groups excluding carboxylic acids is 1. The first-order chi connectivity index (χ1) is 9.78. The maximum absolute atomic E-state index is 12.8. The Bertz CT molecular complexity index is 566. The summed E-state index contributed by atoms with van der Waals surface area (Å²) in [6, 6.07) is 3.59. The highest BCUT2D eigenvalue weighted by atomic mass is 16.5. The van der Waals surface area contributed by atoms with Gasteiger partial charge in [0.25, 0.3) is 0 Å². The summed E-state index contributed by atoms with van der Waals surface area (Å²) in [5, 5.41) is 3.01. The second-order valence-electron chi connectivity index (χ2n) is 6.92. The van der Waals surface area contributed by atoms with Crippen LogP contribution in [0.15, 0.2) is 16.5 Å². The van der Waals surface area contributed by atoms with Gasteiger partial charge in [-0.3, -0.25) is 4.79 Å². The molecule has 0 aromatic carbocycles. The molecule has 1 aliphatic heterocycles. The van der Waals surface area contributed by atoms with Crippen LogP contribution in [0.2, 0.25) is 0 Å². The number of hydrogen-bond acceptors (Lipinski definition) is 4. The first-order valence-corrected chi connectivity index (χ1v) is 7.56. The quantitative estimate of drug-likeness (QED) is 0.892. The van der Waals surface area contributed by atoms with E-state index in [1.165, 1.54) is 0 Å². The Balaban J connectivity index is 1.76. The van der Waals surface area contributed by atoms with Crippen LogP contribution in [0.25, 0.3) is 0 Å². The fourth-order valence-electron chi connectivity index (χ4n) is 3.92. The minimum atomic E-state index is -0.871. The molecule has 1 amide bonds. The van der Waals surface area contributed by atoms with Crippen molar-refractivity contribution in [2.45, 2.75) is 51.8 Å². The molecule has 1 saturated carbocycles. The lowest BCUT2D eigenvalue weighted by molar-refractivity contribution is -0.176. The number of amides is 1. The Kier molecular flexibility index (Phi) is 3.19. The smallest absolute Gasteiger partial charge is 0.241 e. The summed E-state index contributed by atoms with van der Waals surface area (Å²) in [7, 11) is 0. The van der Waals surface area contributed by atoms with Gasteiger partial charge in [0.2, 0.25) is 5.91 Å². The zero-order valence-electron chi connectivity index (χ0n) is 13.1. The molecule has 21 heavy (non-hydrogen) atoms. The Morgan fingerprint density at radius 3 is 2.81 bits per heavy atom. The van der Waals surface area contributed by atoms with Crippen molar-refractivity contribution in [3.63, 3.8) is 0 Å². The van der Waals surface area contributed by atoms with Crippen LogP contribution in [-0.2, 0) is 9.53 Å². The molecule has 5 nitrogen and oxygen atoms in total. The average Bonchev–Trinajstić information content (AvgIpc) is 3.05. The molecule has 2 fully saturated rings. The summed E-state index contributed by atoms with van der Waals surface area (Å²) in [5.41, 5.74) is 5.30. The van der Waals surface area contributed by atoms with Gasteiger partial charge in [0, 0.05) is 17.9 Å². The molecule has 0 radical (unpaired) electrons. The van der Waals surface area contributed by atoms with Crippen LogP contribution in [0, 0.1) is 18.3 Å².